The first-order valence-electron chi connectivity index (χ1n) is 9.83. The molecule has 142 valence electrons. The van der Waals surface area contributed by atoms with E-state index in [0.29, 0.717) is 0 Å². The maximum absolute atomic E-state index is 4.93. The Morgan fingerprint density at radius 2 is 1.43 bits per heavy atom. The Morgan fingerprint density at radius 1 is 0.821 bits per heavy atom. The predicted octanol–water partition coefficient (Wildman–Crippen LogP) is 4.00. The first-order chi connectivity index (χ1) is 13.8. The van der Waals surface area contributed by atoms with Crippen LogP contribution in [0.15, 0.2) is 84.0 Å². The number of aliphatic imine (C=N–C) groups is 1. The van der Waals surface area contributed by atoms with Gasteiger partial charge in [-0.1, -0.05) is 60.7 Å². The van der Waals surface area contributed by atoms with Gasteiger partial charge in [-0.25, -0.2) is 4.99 Å². The van der Waals surface area contributed by atoms with Gasteiger partial charge in [-0.15, -0.1) is 0 Å². The maximum atomic E-state index is 4.93. The SMILES string of the molecule is CN1CCN(Cc2ccc(N=C(c3ccccc3)c3ccccc3)cn2)CC1. The molecular formula is C24H26N4. The number of pyridine rings is 1. The van der Waals surface area contributed by atoms with Crippen LogP contribution in [0.4, 0.5) is 5.69 Å². The van der Waals surface area contributed by atoms with Crippen molar-refractivity contribution in [3.8, 4) is 0 Å². The Kier molecular flexibility index (Phi) is 5.90. The van der Waals surface area contributed by atoms with Gasteiger partial charge in [0.15, 0.2) is 0 Å². The molecule has 1 aromatic heterocycles. The van der Waals surface area contributed by atoms with Gasteiger partial charge in [0.2, 0.25) is 0 Å². The van der Waals surface area contributed by atoms with E-state index in [1.165, 1.54) is 0 Å². The molecule has 0 unspecified atom stereocenters. The topological polar surface area (TPSA) is 31.7 Å². The molecule has 0 radical (unpaired) electrons. The van der Waals surface area contributed by atoms with Crippen LogP contribution >= 0.6 is 0 Å². The molecule has 4 heteroatoms. The van der Waals surface area contributed by atoms with Crippen LogP contribution in [0.5, 0.6) is 0 Å². The number of piperazine rings is 1. The summed E-state index contributed by atoms with van der Waals surface area (Å²) in [6.45, 7) is 5.36. The van der Waals surface area contributed by atoms with Crippen molar-refractivity contribution in [3.05, 3.63) is 95.8 Å². The smallest absolute Gasteiger partial charge is 0.0820 e. The molecule has 0 saturated carbocycles. The molecule has 1 saturated heterocycles. The number of benzene rings is 2. The standard InChI is InChI=1S/C24H26N4/c1-27-14-16-28(17-15-27)19-23-13-12-22(18-25-23)26-24(20-8-4-2-5-9-20)21-10-6-3-7-11-21/h2-13,18H,14-17,19H2,1H3. The number of hydrogen-bond donors (Lipinski definition) is 0. The van der Waals surface area contributed by atoms with Gasteiger partial charge in [-0.3, -0.25) is 9.88 Å². The highest BCUT2D eigenvalue weighted by Gasteiger charge is 2.14. The molecule has 28 heavy (non-hydrogen) atoms. The van der Waals surface area contributed by atoms with E-state index in [0.717, 1.165) is 60.9 Å². The molecule has 0 aliphatic carbocycles. The van der Waals surface area contributed by atoms with E-state index in [1.54, 1.807) is 0 Å². The lowest BCUT2D eigenvalue weighted by atomic mass is 10.0. The van der Waals surface area contributed by atoms with Gasteiger partial charge in [0.1, 0.15) is 0 Å². The van der Waals surface area contributed by atoms with Gasteiger partial charge in [-0.05, 0) is 19.2 Å². The Bertz CT molecular complexity index is 855. The summed E-state index contributed by atoms with van der Waals surface area (Å²) in [7, 11) is 2.18. The zero-order chi connectivity index (χ0) is 19.2. The third kappa shape index (κ3) is 4.71. The van der Waals surface area contributed by atoms with Crippen LogP contribution in [0.3, 0.4) is 0 Å². The lowest BCUT2D eigenvalue weighted by Gasteiger charge is -2.32. The summed E-state index contributed by atoms with van der Waals surface area (Å²) in [5.74, 6) is 0. The summed E-state index contributed by atoms with van der Waals surface area (Å²) in [6.07, 6.45) is 1.89. The van der Waals surface area contributed by atoms with E-state index in [4.69, 9.17) is 4.99 Å². The van der Waals surface area contributed by atoms with E-state index in [2.05, 4.69) is 58.2 Å². The Labute approximate surface area is 167 Å². The Balaban J connectivity index is 1.55. The third-order valence-electron chi connectivity index (χ3n) is 5.13. The molecule has 0 bridgehead atoms. The highest BCUT2D eigenvalue weighted by Crippen LogP contribution is 2.18. The fraction of sp³-hybridized carbons (Fsp3) is 0.250. The van der Waals surface area contributed by atoms with Crippen molar-refractivity contribution >= 4 is 11.4 Å². The van der Waals surface area contributed by atoms with Crippen LogP contribution in [0.25, 0.3) is 0 Å². The number of hydrogen-bond acceptors (Lipinski definition) is 4. The molecule has 1 fully saturated rings. The second-order valence-electron chi connectivity index (χ2n) is 7.28. The normalized spacial score (nSPS) is 15.3. The minimum atomic E-state index is 0.879. The van der Waals surface area contributed by atoms with E-state index >= 15 is 0 Å². The molecule has 0 spiro atoms. The van der Waals surface area contributed by atoms with Crippen molar-refractivity contribution < 1.29 is 0 Å². The van der Waals surface area contributed by atoms with Gasteiger partial charge >= 0.3 is 0 Å². The average Bonchev–Trinajstić information content (AvgIpc) is 2.76. The fourth-order valence-corrected chi connectivity index (χ4v) is 3.43. The van der Waals surface area contributed by atoms with E-state index in [9.17, 15) is 0 Å². The number of likely N-dealkylation sites (N-methyl/N-ethyl adjacent to an activating group) is 1. The molecule has 3 aromatic rings. The summed E-state index contributed by atoms with van der Waals surface area (Å²) in [5, 5.41) is 0. The number of rotatable bonds is 5. The Morgan fingerprint density at radius 3 is 1.96 bits per heavy atom. The van der Waals surface area contributed by atoms with E-state index in [1.807, 2.05) is 42.6 Å². The highest BCUT2D eigenvalue weighted by molar-refractivity contribution is 6.13. The Hall–Kier alpha value is -2.82. The van der Waals surface area contributed by atoms with Gasteiger partial charge in [0.25, 0.3) is 0 Å². The zero-order valence-electron chi connectivity index (χ0n) is 16.3. The predicted molar refractivity (Wildman–Crippen MR) is 115 cm³/mol. The zero-order valence-corrected chi connectivity index (χ0v) is 16.3. The maximum Gasteiger partial charge on any atom is 0.0820 e. The fourth-order valence-electron chi connectivity index (χ4n) is 3.43. The summed E-state index contributed by atoms with van der Waals surface area (Å²) in [4.78, 5) is 14.4. The lowest BCUT2D eigenvalue weighted by Crippen LogP contribution is -2.43. The summed E-state index contributed by atoms with van der Waals surface area (Å²) in [5.41, 5.74) is 5.16. The molecule has 0 amide bonds. The molecular weight excluding hydrogens is 344 g/mol. The van der Waals surface area contributed by atoms with Crippen molar-refractivity contribution in [2.45, 2.75) is 6.54 Å². The third-order valence-corrected chi connectivity index (χ3v) is 5.13. The molecule has 1 aliphatic heterocycles. The van der Waals surface area contributed by atoms with Crippen molar-refractivity contribution in [1.82, 2.24) is 14.8 Å². The highest BCUT2D eigenvalue weighted by atomic mass is 15.2. The molecule has 4 nitrogen and oxygen atoms in total. The molecule has 2 aromatic carbocycles. The van der Waals surface area contributed by atoms with Gasteiger partial charge < -0.3 is 4.90 Å². The van der Waals surface area contributed by atoms with Crippen LogP contribution in [0.2, 0.25) is 0 Å². The summed E-state index contributed by atoms with van der Waals surface area (Å²) >= 11 is 0. The van der Waals surface area contributed by atoms with Crippen molar-refractivity contribution in [3.63, 3.8) is 0 Å². The molecule has 1 aliphatic rings. The number of aromatic nitrogens is 1. The van der Waals surface area contributed by atoms with Crippen LogP contribution in [-0.4, -0.2) is 53.7 Å². The molecule has 0 atom stereocenters. The largest absolute Gasteiger partial charge is 0.304 e. The minimum absolute atomic E-state index is 0.879. The van der Waals surface area contributed by atoms with Gasteiger partial charge in [0.05, 0.1) is 23.3 Å². The summed E-state index contributed by atoms with van der Waals surface area (Å²) < 4.78 is 0. The lowest BCUT2D eigenvalue weighted by molar-refractivity contribution is 0.147. The van der Waals surface area contributed by atoms with Crippen molar-refractivity contribution in [1.29, 1.82) is 0 Å². The van der Waals surface area contributed by atoms with Crippen molar-refractivity contribution in [2.24, 2.45) is 4.99 Å². The van der Waals surface area contributed by atoms with Crippen LogP contribution in [-0.2, 0) is 6.54 Å². The number of nitrogens with zero attached hydrogens (tertiary/aromatic N) is 4. The van der Waals surface area contributed by atoms with Crippen LogP contribution in [0, 0.1) is 0 Å². The van der Waals surface area contributed by atoms with Gasteiger partial charge in [-0.2, -0.15) is 0 Å². The minimum Gasteiger partial charge on any atom is -0.304 e. The van der Waals surface area contributed by atoms with Crippen LogP contribution in [0.1, 0.15) is 16.8 Å². The summed E-state index contributed by atoms with van der Waals surface area (Å²) in [6, 6.07) is 24.8. The second-order valence-corrected chi connectivity index (χ2v) is 7.28. The van der Waals surface area contributed by atoms with Crippen LogP contribution < -0.4 is 0 Å². The average molecular weight is 371 g/mol. The first kappa shape index (κ1) is 18.5. The molecule has 4 rings (SSSR count). The van der Waals surface area contributed by atoms with Gasteiger partial charge in [0, 0.05) is 43.9 Å². The monoisotopic (exact) mass is 370 g/mol. The second kappa shape index (κ2) is 8.91. The van der Waals surface area contributed by atoms with E-state index < -0.39 is 0 Å². The quantitative estimate of drug-likeness (QED) is 0.636. The van der Waals surface area contributed by atoms with Crippen molar-refractivity contribution in [2.75, 3.05) is 33.2 Å². The molecule has 0 N–H and O–H groups in total. The first-order valence-corrected chi connectivity index (χ1v) is 9.83. The molecule has 2 heterocycles. The van der Waals surface area contributed by atoms with E-state index in [-0.39, 0.29) is 0 Å².